The summed E-state index contributed by atoms with van der Waals surface area (Å²) in [5.74, 6) is 0.124. The molecule has 7 nitrogen and oxygen atoms in total. The lowest BCUT2D eigenvalue weighted by molar-refractivity contribution is 0.0997. The summed E-state index contributed by atoms with van der Waals surface area (Å²) < 4.78 is 11.3. The molecule has 0 bridgehead atoms. The van der Waals surface area contributed by atoms with Crippen LogP contribution in [0, 0.1) is 22.7 Å². The maximum atomic E-state index is 11.7. The number of aromatic nitrogens is 1. The smallest absolute Gasteiger partial charge is 0.254 e. The molecule has 2 aromatic carbocycles. The predicted molar refractivity (Wildman–Crippen MR) is 95.2 cm³/mol. The Morgan fingerprint density at radius 1 is 0.889 bits per heavy atom. The van der Waals surface area contributed by atoms with Gasteiger partial charge in [0.05, 0.1) is 23.3 Å². The van der Waals surface area contributed by atoms with E-state index in [-0.39, 0.29) is 17.3 Å². The molecule has 1 heterocycles. The molecule has 1 amide bonds. The fourth-order valence-electron chi connectivity index (χ4n) is 2.24. The van der Waals surface area contributed by atoms with Crippen molar-refractivity contribution in [1.82, 2.24) is 4.98 Å². The first-order chi connectivity index (χ1) is 13.1. The zero-order valence-electron chi connectivity index (χ0n) is 13.9. The van der Waals surface area contributed by atoms with Crippen LogP contribution in [0.4, 0.5) is 0 Å². The fourth-order valence-corrected chi connectivity index (χ4v) is 2.24. The van der Waals surface area contributed by atoms with E-state index in [4.69, 9.17) is 25.7 Å². The van der Waals surface area contributed by atoms with Crippen LogP contribution in [0.1, 0.15) is 21.5 Å². The molecule has 0 aliphatic rings. The largest absolute Gasteiger partial charge is 0.439 e. The number of primary amides is 1. The van der Waals surface area contributed by atoms with Gasteiger partial charge < -0.3 is 15.2 Å². The van der Waals surface area contributed by atoms with Gasteiger partial charge in [-0.2, -0.15) is 15.5 Å². The molecule has 0 saturated carbocycles. The van der Waals surface area contributed by atoms with Crippen molar-refractivity contribution < 1.29 is 14.3 Å². The molecule has 0 atom stereocenters. The summed E-state index contributed by atoms with van der Waals surface area (Å²) in [4.78, 5) is 15.8. The molecule has 2 N–H and O–H groups in total. The summed E-state index contributed by atoms with van der Waals surface area (Å²) in [7, 11) is 0. The van der Waals surface area contributed by atoms with Gasteiger partial charge in [-0.25, -0.2) is 0 Å². The van der Waals surface area contributed by atoms with E-state index in [1.165, 1.54) is 18.2 Å². The van der Waals surface area contributed by atoms with Crippen molar-refractivity contribution in [2.75, 3.05) is 0 Å². The first kappa shape index (κ1) is 17.5. The molecule has 3 aromatic rings. The molecular weight excluding hydrogens is 344 g/mol. The lowest BCUT2D eigenvalue weighted by atomic mass is 10.2. The number of pyridine rings is 1. The number of carbonyl (C=O) groups is 1. The first-order valence-corrected chi connectivity index (χ1v) is 7.76. The van der Waals surface area contributed by atoms with Crippen LogP contribution < -0.4 is 15.2 Å². The van der Waals surface area contributed by atoms with Crippen LogP contribution in [0.15, 0.2) is 60.7 Å². The number of nitrogens with two attached hydrogens (primary N) is 1. The van der Waals surface area contributed by atoms with Gasteiger partial charge in [0.1, 0.15) is 17.1 Å². The topological polar surface area (TPSA) is 122 Å². The van der Waals surface area contributed by atoms with E-state index in [0.717, 1.165) is 0 Å². The Morgan fingerprint density at radius 2 is 1.48 bits per heavy atom. The van der Waals surface area contributed by atoms with E-state index in [1.54, 1.807) is 42.5 Å². The molecule has 130 valence electrons. The maximum Gasteiger partial charge on any atom is 0.254 e. The number of ether oxygens (including phenoxy) is 2. The van der Waals surface area contributed by atoms with Crippen molar-refractivity contribution in [3.05, 3.63) is 77.4 Å². The van der Waals surface area contributed by atoms with E-state index < -0.39 is 5.91 Å². The summed E-state index contributed by atoms with van der Waals surface area (Å²) in [6, 6.07) is 19.9. The Labute approximate surface area is 154 Å². The monoisotopic (exact) mass is 356 g/mol. The summed E-state index contributed by atoms with van der Waals surface area (Å²) in [5.41, 5.74) is 6.28. The molecule has 0 aliphatic carbocycles. The van der Waals surface area contributed by atoms with Crippen LogP contribution in [0.25, 0.3) is 0 Å². The summed E-state index contributed by atoms with van der Waals surface area (Å²) >= 11 is 0. The highest BCUT2D eigenvalue weighted by Crippen LogP contribution is 2.28. The average Bonchev–Trinajstić information content (AvgIpc) is 2.68. The van der Waals surface area contributed by atoms with Gasteiger partial charge in [-0.15, -0.1) is 0 Å². The number of hydrogen-bond acceptors (Lipinski definition) is 6. The molecule has 1 aromatic heterocycles. The molecule has 0 aliphatic heterocycles. The van der Waals surface area contributed by atoms with Gasteiger partial charge in [-0.05, 0) is 42.5 Å². The molecule has 7 heteroatoms. The van der Waals surface area contributed by atoms with Gasteiger partial charge in [-0.1, -0.05) is 12.1 Å². The highest BCUT2D eigenvalue weighted by Gasteiger charge is 2.15. The van der Waals surface area contributed by atoms with Crippen molar-refractivity contribution in [1.29, 1.82) is 10.5 Å². The number of amides is 1. The number of benzene rings is 2. The predicted octanol–water partition coefficient (Wildman–Crippen LogP) is 3.51. The minimum absolute atomic E-state index is 0.0495. The quantitative estimate of drug-likeness (QED) is 0.746. The molecule has 0 saturated heterocycles. The zero-order valence-corrected chi connectivity index (χ0v) is 13.9. The van der Waals surface area contributed by atoms with Gasteiger partial charge >= 0.3 is 0 Å². The van der Waals surface area contributed by atoms with Crippen molar-refractivity contribution in [2.24, 2.45) is 5.73 Å². The number of hydrogen-bond donors (Lipinski definition) is 1. The summed E-state index contributed by atoms with van der Waals surface area (Å²) in [6.45, 7) is 0. The number of nitrogens with zero attached hydrogens (tertiary/aromatic N) is 3. The minimum atomic E-state index is -0.716. The average molecular weight is 356 g/mol. The van der Waals surface area contributed by atoms with Crippen molar-refractivity contribution in [3.8, 4) is 35.4 Å². The van der Waals surface area contributed by atoms with E-state index in [0.29, 0.717) is 22.6 Å². The number of carbonyl (C=O) groups excluding carboxylic acids is 1. The first-order valence-electron chi connectivity index (χ1n) is 7.76. The molecule has 0 spiro atoms. The van der Waals surface area contributed by atoms with Crippen LogP contribution in [0.2, 0.25) is 0 Å². The summed E-state index contributed by atoms with van der Waals surface area (Å²) in [6.07, 6.45) is 0. The van der Waals surface area contributed by atoms with Crippen LogP contribution in [-0.2, 0) is 0 Å². The van der Waals surface area contributed by atoms with E-state index in [1.807, 2.05) is 12.1 Å². The lowest BCUT2D eigenvalue weighted by Crippen LogP contribution is -2.13. The van der Waals surface area contributed by atoms with Crippen molar-refractivity contribution in [2.45, 2.75) is 0 Å². The number of nitriles is 2. The van der Waals surface area contributed by atoms with E-state index in [2.05, 4.69) is 4.98 Å². The van der Waals surface area contributed by atoms with Crippen LogP contribution in [-0.4, -0.2) is 10.9 Å². The van der Waals surface area contributed by atoms with Crippen molar-refractivity contribution >= 4 is 5.91 Å². The fraction of sp³-hybridized carbons (Fsp3) is 0. The third kappa shape index (κ3) is 4.19. The number of rotatable bonds is 5. The lowest BCUT2D eigenvalue weighted by Gasteiger charge is -2.11. The normalized spacial score (nSPS) is 9.70. The standard InChI is InChI=1S/C20H12N4O3/c21-11-13-3-1-5-15(9-13)26-18-8-7-17(19(23)25)20(24-18)27-16-6-2-4-14(10-16)12-22/h1-10H,(H2,23,25). The van der Waals surface area contributed by atoms with Gasteiger partial charge in [0.2, 0.25) is 11.8 Å². The zero-order chi connectivity index (χ0) is 19.2. The van der Waals surface area contributed by atoms with Gasteiger partial charge in [0, 0.05) is 6.07 Å². The maximum absolute atomic E-state index is 11.7. The second-order valence-corrected chi connectivity index (χ2v) is 5.35. The Bertz CT molecular complexity index is 1100. The highest BCUT2D eigenvalue weighted by molar-refractivity contribution is 5.95. The second kappa shape index (κ2) is 7.68. The van der Waals surface area contributed by atoms with Crippen molar-refractivity contribution in [3.63, 3.8) is 0 Å². The molecule has 27 heavy (non-hydrogen) atoms. The van der Waals surface area contributed by atoms with Gasteiger partial charge in [0.25, 0.3) is 5.91 Å². The SMILES string of the molecule is N#Cc1cccc(Oc2ccc(C(N)=O)c(Oc3cccc(C#N)c3)n2)c1. The molecule has 0 fully saturated rings. The molecule has 0 radical (unpaired) electrons. The Kier molecular flexibility index (Phi) is 4.97. The Balaban J connectivity index is 1.94. The molecular formula is C20H12N4O3. The van der Waals surface area contributed by atoms with Crippen LogP contribution in [0.5, 0.6) is 23.3 Å². The van der Waals surface area contributed by atoms with Gasteiger partial charge in [-0.3, -0.25) is 4.79 Å². The van der Waals surface area contributed by atoms with Gasteiger partial charge in [0.15, 0.2) is 0 Å². The molecule has 3 rings (SSSR count). The van der Waals surface area contributed by atoms with Crippen LogP contribution >= 0.6 is 0 Å². The van der Waals surface area contributed by atoms with E-state index in [9.17, 15) is 4.79 Å². The third-order valence-corrected chi connectivity index (χ3v) is 3.46. The van der Waals surface area contributed by atoms with E-state index >= 15 is 0 Å². The minimum Gasteiger partial charge on any atom is -0.439 e. The highest BCUT2D eigenvalue weighted by atomic mass is 16.5. The Morgan fingerprint density at radius 3 is 2.04 bits per heavy atom. The summed E-state index contributed by atoms with van der Waals surface area (Å²) in [5, 5.41) is 17.9. The molecule has 0 unspecified atom stereocenters. The third-order valence-electron chi connectivity index (χ3n) is 3.46. The Hall–Kier alpha value is -4.36. The second-order valence-electron chi connectivity index (χ2n) is 5.35. The van der Waals surface area contributed by atoms with Crippen LogP contribution in [0.3, 0.4) is 0 Å².